The predicted octanol–water partition coefficient (Wildman–Crippen LogP) is -1.06. The van der Waals surface area contributed by atoms with Crippen molar-refractivity contribution >= 4 is 0 Å². The lowest BCUT2D eigenvalue weighted by Gasteiger charge is -2.14. The molecule has 0 aromatic rings. The lowest BCUT2D eigenvalue weighted by molar-refractivity contribution is -0.0873. The van der Waals surface area contributed by atoms with Crippen LogP contribution in [0, 0.1) is 17.8 Å². The number of rotatable bonds is 1. The van der Waals surface area contributed by atoms with Gasteiger partial charge in [0.1, 0.15) is 0 Å². The van der Waals surface area contributed by atoms with Crippen molar-refractivity contribution in [2.75, 3.05) is 13.2 Å². The van der Waals surface area contributed by atoms with Crippen molar-refractivity contribution in [3.63, 3.8) is 0 Å². The molecule has 4 nitrogen and oxygen atoms in total. The van der Waals surface area contributed by atoms with Gasteiger partial charge in [0.05, 0.1) is 12.7 Å². The van der Waals surface area contributed by atoms with E-state index in [1.165, 1.54) is 0 Å². The van der Waals surface area contributed by atoms with Gasteiger partial charge in [-0.15, -0.1) is 0 Å². The lowest BCUT2D eigenvalue weighted by atomic mass is 9.98. The molecule has 3 N–H and O–H groups in total. The van der Waals surface area contributed by atoms with E-state index in [-0.39, 0.29) is 24.4 Å². The maximum atomic E-state index is 9.63. The maximum absolute atomic E-state index is 9.63. The standard InChI is InChI=1S/C8H14O4/c9-2-4-1-5-6(7(4)10)3-12-8(5)11/h4-11H,1-3H2/t4-,5-,6-,7-,8-/m1/s1. The Bertz CT molecular complexity index is 172. The second kappa shape index (κ2) is 2.96. The van der Waals surface area contributed by atoms with Crippen LogP contribution < -0.4 is 0 Å². The van der Waals surface area contributed by atoms with E-state index in [1.807, 2.05) is 0 Å². The summed E-state index contributed by atoms with van der Waals surface area (Å²) in [6.07, 6.45) is -0.568. The van der Waals surface area contributed by atoms with E-state index in [0.717, 1.165) is 0 Å². The van der Waals surface area contributed by atoms with E-state index in [1.54, 1.807) is 0 Å². The van der Waals surface area contributed by atoms with Crippen LogP contribution in [0.4, 0.5) is 0 Å². The fourth-order valence-electron chi connectivity index (χ4n) is 2.33. The Hall–Kier alpha value is -0.160. The third-order valence-electron chi connectivity index (χ3n) is 3.11. The average Bonchev–Trinajstić information content (AvgIpc) is 2.55. The fraction of sp³-hybridized carbons (Fsp3) is 1.00. The van der Waals surface area contributed by atoms with Crippen molar-refractivity contribution in [1.82, 2.24) is 0 Å². The number of ether oxygens (including phenoxy) is 1. The van der Waals surface area contributed by atoms with Crippen LogP contribution in [0.25, 0.3) is 0 Å². The molecule has 0 bridgehead atoms. The van der Waals surface area contributed by atoms with Crippen LogP contribution in [0.1, 0.15) is 6.42 Å². The van der Waals surface area contributed by atoms with Crippen molar-refractivity contribution in [1.29, 1.82) is 0 Å². The third-order valence-corrected chi connectivity index (χ3v) is 3.11. The SMILES string of the molecule is OC[C@H]1C[C@@H]2[C@@H](CO[C@H]2O)[C@@H]1O. The minimum Gasteiger partial charge on any atom is -0.396 e. The van der Waals surface area contributed by atoms with Crippen LogP contribution in [0.5, 0.6) is 0 Å². The van der Waals surface area contributed by atoms with Crippen LogP contribution in [-0.2, 0) is 4.74 Å². The van der Waals surface area contributed by atoms with Gasteiger partial charge in [-0.3, -0.25) is 0 Å². The molecule has 0 aromatic carbocycles. The molecule has 2 rings (SSSR count). The molecule has 1 saturated heterocycles. The first-order valence-corrected chi connectivity index (χ1v) is 4.32. The summed E-state index contributed by atoms with van der Waals surface area (Å²) < 4.78 is 5.00. The van der Waals surface area contributed by atoms with Gasteiger partial charge in [-0.2, -0.15) is 0 Å². The summed E-state index contributed by atoms with van der Waals surface area (Å²) in [5, 5.41) is 27.8. The van der Waals surface area contributed by atoms with Gasteiger partial charge in [-0.25, -0.2) is 0 Å². The number of hydrogen-bond donors (Lipinski definition) is 3. The molecule has 0 amide bonds. The molecule has 0 spiro atoms. The van der Waals surface area contributed by atoms with Crippen LogP contribution in [0.15, 0.2) is 0 Å². The molecular weight excluding hydrogens is 160 g/mol. The van der Waals surface area contributed by atoms with E-state index in [9.17, 15) is 10.2 Å². The summed E-state index contributed by atoms with van der Waals surface area (Å²) in [5.74, 6) is -0.0205. The van der Waals surface area contributed by atoms with Gasteiger partial charge >= 0.3 is 0 Å². The first-order valence-electron chi connectivity index (χ1n) is 4.32. The summed E-state index contributed by atoms with van der Waals surface area (Å²) in [5.41, 5.74) is 0. The molecule has 2 fully saturated rings. The second-order valence-electron chi connectivity index (χ2n) is 3.72. The highest BCUT2D eigenvalue weighted by Gasteiger charge is 2.49. The molecule has 1 heterocycles. The van der Waals surface area contributed by atoms with Gasteiger partial charge in [0.15, 0.2) is 6.29 Å². The quantitative estimate of drug-likeness (QED) is 0.474. The number of aliphatic hydroxyl groups is 3. The first-order chi connectivity index (χ1) is 5.74. The molecule has 4 heteroatoms. The monoisotopic (exact) mass is 174 g/mol. The average molecular weight is 174 g/mol. The summed E-state index contributed by atoms with van der Waals surface area (Å²) >= 11 is 0. The van der Waals surface area contributed by atoms with E-state index in [0.29, 0.717) is 13.0 Å². The highest BCUT2D eigenvalue weighted by Crippen LogP contribution is 2.42. The van der Waals surface area contributed by atoms with Crippen LogP contribution in [-0.4, -0.2) is 40.9 Å². The van der Waals surface area contributed by atoms with Gasteiger partial charge in [-0.1, -0.05) is 0 Å². The zero-order valence-electron chi connectivity index (χ0n) is 6.76. The smallest absolute Gasteiger partial charge is 0.157 e. The molecule has 1 aliphatic carbocycles. The molecule has 0 radical (unpaired) electrons. The Kier molecular flexibility index (Phi) is 2.08. The van der Waals surface area contributed by atoms with Crippen LogP contribution in [0.3, 0.4) is 0 Å². The number of hydrogen-bond acceptors (Lipinski definition) is 4. The molecule has 12 heavy (non-hydrogen) atoms. The molecule has 1 saturated carbocycles. The van der Waals surface area contributed by atoms with Gasteiger partial charge < -0.3 is 20.1 Å². The maximum Gasteiger partial charge on any atom is 0.157 e. The number of fused-ring (bicyclic) bond motifs is 1. The summed E-state index contributed by atoms with van der Waals surface area (Å²) in [4.78, 5) is 0. The predicted molar refractivity (Wildman–Crippen MR) is 40.1 cm³/mol. The Labute approximate surface area is 70.8 Å². The van der Waals surface area contributed by atoms with Crippen molar-refractivity contribution in [3.05, 3.63) is 0 Å². The van der Waals surface area contributed by atoms with E-state index in [4.69, 9.17) is 9.84 Å². The summed E-state index contributed by atoms with van der Waals surface area (Å²) in [6, 6.07) is 0. The van der Waals surface area contributed by atoms with Crippen molar-refractivity contribution in [2.45, 2.75) is 18.8 Å². The molecule has 70 valence electrons. The van der Waals surface area contributed by atoms with E-state index in [2.05, 4.69) is 0 Å². The van der Waals surface area contributed by atoms with Gasteiger partial charge in [-0.05, 0) is 6.42 Å². The molecular formula is C8H14O4. The molecule has 0 aromatic heterocycles. The van der Waals surface area contributed by atoms with Crippen molar-refractivity contribution in [3.8, 4) is 0 Å². The van der Waals surface area contributed by atoms with E-state index >= 15 is 0 Å². The Morgan fingerprint density at radius 1 is 1.25 bits per heavy atom. The Balaban J connectivity index is 2.08. The van der Waals surface area contributed by atoms with Crippen molar-refractivity contribution in [2.24, 2.45) is 17.8 Å². The van der Waals surface area contributed by atoms with Gasteiger partial charge in [0, 0.05) is 24.4 Å². The minimum atomic E-state index is -0.735. The minimum absolute atomic E-state index is 0.000880. The molecule has 2 aliphatic rings. The summed E-state index contributed by atoms with van der Waals surface area (Å²) in [7, 11) is 0. The van der Waals surface area contributed by atoms with Gasteiger partial charge in [0.25, 0.3) is 0 Å². The first kappa shape index (κ1) is 8.44. The molecule has 1 aliphatic heterocycles. The van der Waals surface area contributed by atoms with Crippen LogP contribution in [0.2, 0.25) is 0 Å². The third kappa shape index (κ3) is 1.07. The molecule has 5 atom stereocenters. The topological polar surface area (TPSA) is 69.9 Å². The lowest BCUT2D eigenvalue weighted by Crippen LogP contribution is -2.25. The van der Waals surface area contributed by atoms with Crippen LogP contribution >= 0.6 is 0 Å². The zero-order valence-corrected chi connectivity index (χ0v) is 6.76. The van der Waals surface area contributed by atoms with E-state index < -0.39 is 12.4 Å². The zero-order chi connectivity index (χ0) is 8.72. The number of aliphatic hydroxyl groups excluding tert-OH is 3. The second-order valence-corrected chi connectivity index (χ2v) is 3.72. The fourth-order valence-corrected chi connectivity index (χ4v) is 2.33. The largest absolute Gasteiger partial charge is 0.396 e. The Morgan fingerprint density at radius 3 is 2.58 bits per heavy atom. The van der Waals surface area contributed by atoms with Crippen molar-refractivity contribution < 1.29 is 20.1 Å². The summed E-state index contributed by atoms with van der Waals surface area (Å²) in [6.45, 7) is 0.421. The van der Waals surface area contributed by atoms with Gasteiger partial charge in [0.2, 0.25) is 0 Å². The highest BCUT2D eigenvalue weighted by molar-refractivity contribution is 4.94. The highest BCUT2D eigenvalue weighted by atomic mass is 16.6. The Morgan fingerprint density at radius 2 is 2.00 bits per heavy atom. The molecule has 0 unspecified atom stereocenters. The normalized spacial score (nSPS) is 52.8.